The number of hydrogen-bond donors (Lipinski definition) is 0. The van der Waals surface area contributed by atoms with E-state index in [0.717, 1.165) is 40.4 Å². The number of rotatable bonds is 5. The fourth-order valence-electron chi connectivity index (χ4n) is 3.16. The summed E-state index contributed by atoms with van der Waals surface area (Å²) in [6.07, 6.45) is 7.79. The third-order valence-corrected chi connectivity index (χ3v) is 5.69. The zero-order valence-corrected chi connectivity index (χ0v) is 15.0. The number of pyridine rings is 1. The number of tetrazole rings is 1. The maximum absolute atomic E-state index is 11.5. The molecule has 0 saturated heterocycles. The molecule has 4 aromatic heterocycles. The smallest absolute Gasteiger partial charge is 0.163 e. The highest BCUT2D eigenvalue weighted by molar-refractivity contribution is 7.15. The molecule has 1 fully saturated rings. The Bertz CT molecular complexity index is 1120. The van der Waals surface area contributed by atoms with Crippen molar-refractivity contribution < 1.29 is 4.79 Å². The van der Waals surface area contributed by atoms with Gasteiger partial charge in [-0.05, 0) is 54.3 Å². The number of imidazole rings is 1. The Morgan fingerprint density at radius 1 is 1.35 bits per heavy atom. The predicted molar refractivity (Wildman–Crippen MR) is 97.8 cm³/mol. The molecule has 26 heavy (non-hydrogen) atoms. The minimum Gasteiger partial charge on any atom is -0.298 e. The first-order valence-corrected chi connectivity index (χ1v) is 9.35. The van der Waals surface area contributed by atoms with E-state index < -0.39 is 0 Å². The largest absolute Gasteiger partial charge is 0.298 e. The monoisotopic (exact) mass is 364 g/mol. The lowest BCUT2D eigenvalue weighted by Gasteiger charge is -2.08. The quantitative estimate of drug-likeness (QED) is 0.509. The van der Waals surface area contributed by atoms with Gasteiger partial charge >= 0.3 is 0 Å². The summed E-state index contributed by atoms with van der Waals surface area (Å²) >= 11 is 1.70. The van der Waals surface area contributed by atoms with Gasteiger partial charge in [0, 0.05) is 23.1 Å². The third kappa shape index (κ3) is 2.53. The molecular formula is C18H16N6OS. The highest BCUT2D eigenvalue weighted by Gasteiger charge is 2.26. The number of carbonyl (C=O) groups is 1. The molecule has 0 spiro atoms. The molecule has 0 N–H and O–H groups in total. The van der Waals surface area contributed by atoms with Gasteiger partial charge in [-0.15, -0.1) is 16.4 Å². The molecule has 0 radical (unpaired) electrons. The van der Waals surface area contributed by atoms with Gasteiger partial charge in [-0.1, -0.05) is 0 Å². The van der Waals surface area contributed by atoms with E-state index in [2.05, 4.69) is 39.6 Å². The number of nitrogens with zero attached hydrogens (tertiary/aromatic N) is 6. The van der Waals surface area contributed by atoms with Crippen LogP contribution >= 0.6 is 11.3 Å². The zero-order valence-electron chi connectivity index (χ0n) is 14.2. The van der Waals surface area contributed by atoms with Crippen molar-refractivity contribution in [3.05, 3.63) is 46.9 Å². The average molecular weight is 364 g/mol. The molecule has 0 aliphatic heterocycles. The van der Waals surface area contributed by atoms with Crippen molar-refractivity contribution in [2.45, 2.75) is 26.2 Å². The van der Waals surface area contributed by atoms with E-state index in [1.165, 1.54) is 17.7 Å². The molecule has 4 heterocycles. The summed E-state index contributed by atoms with van der Waals surface area (Å²) in [5.74, 6) is 1.48. The van der Waals surface area contributed by atoms with Gasteiger partial charge in [-0.25, -0.2) is 4.98 Å². The van der Waals surface area contributed by atoms with Crippen LogP contribution < -0.4 is 0 Å². The average Bonchev–Trinajstić information content (AvgIpc) is 3.01. The van der Waals surface area contributed by atoms with Gasteiger partial charge in [0.2, 0.25) is 0 Å². The number of aromatic nitrogens is 6. The highest BCUT2D eigenvalue weighted by atomic mass is 32.1. The van der Waals surface area contributed by atoms with Crippen LogP contribution in [0.2, 0.25) is 0 Å². The van der Waals surface area contributed by atoms with Crippen molar-refractivity contribution in [3.63, 3.8) is 0 Å². The van der Waals surface area contributed by atoms with Gasteiger partial charge in [-0.2, -0.15) is 4.68 Å². The SMILES string of the molecule is Cc1ccc(-c2cnc3c(-n4nnnc4CC4CC4)cc(C=O)cn23)s1. The molecular weight excluding hydrogens is 348 g/mol. The van der Waals surface area contributed by atoms with Crippen molar-refractivity contribution in [2.24, 2.45) is 5.92 Å². The molecule has 4 aromatic rings. The molecule has 1 saturated carbocycles. The lowest BCUT2D eigenvalue weighted by atomic mass is 10.2. The van der Waals surface area contributed by atoms with Gasteiger partial charge in [0.25, 0.3) is 0 Å². The van der Waals surface area contributed by atoms with Crippen LogP contribution in [0.5, 0.6) is 0 Å². The number of hydrogen-bond acceptors (Lipinski definition) is 6. The molecule has 5 rings (SSSR count). The highest BCUT2D eigenvalue weighted by Crippen LogP contribution is 2.33. The van der Waals surface area contributed by atoms with Crippen LogP contribution in [0, 0.1) is 12.8 Å². The number of fused-ring (bicyclic) bond motifs is 1. The van der Waals surface area contributed by atoms with E-state index in [9.17, 15) is 4.79 Å². The Hall–Kier alpha value is -2.87. The van der Waals surface area contributed by atoms with Crippen LogP contribution in [0.4, 0.5) is 0 Å². The Morgan fingerprint density at radius 3 is 2.96 bits per heavy atom. The van der Waals surface area contributed by atoms with Crippen molar-refractivity contribution in [1.29, 1.82) is 0 Å². The Balaban J connectivity index is 1.71. The summed E-state index contributed by atoms with van der Waals surface area (Å²) in [6, 6.07) is 5.96. The van der Waals surface area contributed by atoms with Gasteiger partial charge in [0.1, 0.15) is 5.69 Å². The third-order valence-electron chi connectivity index (χ3n) is 4.67. The van der Waals surface area contributed by atoms with E-state index in [-0.39, 0.29) is 0 Å². The van der Waals surface area contributed by atoms with E-state index >= 15 is 0 Å². The molecule has 0 amide bonds. The van der Waals surface area contributed by atoms with Crippen LogP contribution in [0.15, 0.2) is 30.6 Å². The second-order valence-corrected chi connectivity index (χ2v) is 7.97. The lowest BCUT2D eigenvalue weighted by molar-refractivity contribution is 0.112. The topological polar surface area (TPSA) is 78.0 Å². The van der Waals surface area contributed by atoms with Crippen LogP contribution in [-0.4, -0.2) is 35.9 Å². The number of aldehydes is 1. The first-order chi connectivity index (χ1) is 12.7. The van der Waals surface area contributed by atoms with Gasteiger partial charge in [-0.3, -0.25) is 9.20 Å². The van der Waals surface area contributed by atoms with E-state index in [4.69, 9.17) is 0 Å². The fraction of sp³-hybridized carbons (Fsp3) is 0.278. The number of carbonyl (C=O) groups excluding carboxylic acids is 1. The summed E-state index contributed by atoms with van der Waals surface area (Å²) in [5.41, 5.74) is 2.99. The van der Waals surface area contributed by atoms with Crippen molar-refractivity contribution in [1.82, 2.24) is 29.6 Å². The normalized spacial score (nSPS) is 14.2. The summed E-state index contributed by atoms with van der Waals surface area (Å²) in [6.45, 7) is 2.07. The zero-order chi connectivity index (χ0) is 17.7. The standard InChI is InChI=1S/C18H16N6OS/c1-11-2-5-16(26-11)15-8-19-18-14(6-13(10-25)9-23(15)18)24-17(20-21-22-24)7-12-3-4-12/h2,5-6,8-10,12H,3-4,7H2,1H3. The summed E-state index contributed by atoms with van der Waals surface area (Å²) < 4.78 is 3.67. The molecule has 130 valence electrons. The van der Waals surface area contributed by atoms with E-state index in [0.29, 0.717) is 11.5 Å². The molecule has 1 aliphatic rings. The molecule has 0 atom stereocenters. The molecule has 8 heteroatoms. The summed E-state index contributed by atoms with van der Waals surface area (Å²) in [4.78, 5) is 18.5. The Labute approximate surface area is 153 Å². The molecule has 0 bridgehead atoms. The van der Waals surface area contributed by atoms with Crippen LogP contribution in [0.1, 0.15) is 33.9 Å². The summed E-state index contributed by atoms with van der Waals surface area (Å²) in [7, 11) is 0. The van der Waals surface area contributed by atoms with E-state index in [1.54, 1.807) is 22.1 Å². The van der Waals surface area contributed by atoms with E-state index in [1.807, 2.05) is 16.8 Å². The van der Waals surface area contributed by atoms with Gasteiger partial charge in [0.15, 0.2) is 17.8 Å². The van der Waals surface area contributed by atoms with Crippen molar-refractivity contribution in [3.8, 4) is 16.3 Å². The minimum atomic E-state index is 0.563. The van der Waals surface area contributed by atoms with Crippen molar-refractivity contribution in [2.75, 3.05) is 0 Å². The maximum Gasteiger partial charge on any atom is 0.163 e. The fourth-order valence-corrected chi connectivity index (χ4v) is 4.04. The predicted octanol–water partition coefficient (Wildman–Crippen LogP) is 3.11. The van der Waals surface area contributed by atoms with Gasteiger partial charge in [0.05, 0.1) is 16.8 Å². The first kappa shape index (κ1) is 15.4. The number of thiophene rings is 1. The summed E-state index contributed by atoms with van der Waals surface area (Å²) in [5, 5.41) is 12.2. The van der Waals surface area contributed by atoms with Crippen LogP contribution in [0.3, 0.4) is 0 Å². The molecule has 0 aromatic carbocycles. The van der Waals surface area contributed by atoms with Crippen molar-refractivity contribution >= 4 is 23.3 Å². The maximum atomic E-state index is 11.5. The molecule has 0 unspecified atom stereocenters. The molecule has 7 nitrogen and oxygen atoms in total. The Kier molecular flexibility index (Phi) is 3.46. The lowest BCUT2D eigenvalue weighted by Crippen LogP contribution is -2.07. The van der Waals surface area contributed by atoms with Crippen LogP contribution in [-0.2, 0) is 6.42 Å². The first-order valence-electron chi connectivity index (χ1n) is 8.53. The number of aryl methyl sites for hydroxylation is 1. The van der Waals surface area contributed by atoms with Gasteiger partial charge < -0.3 is 0 Å². The second-order valence-electron chi connectivity index (χ2n) is 6.68. The Morgan fingerprint density at radius 2 is 2.23 bits per heavy atom. The van der Waals surface area contributed by atoms with Crippen LogP contribution in [0.25, 0.3) is 21.9 Å². The molecule has 1 aliphatic carbocycles. The second kappa shape index (κ2) is 5.84. The minimum absolute atomic E-state index is 0.563.